The lowest BCUT2D eigenvalue weighted by molar-refractivity contribution is -0.396. The molecule has 0 aromatic heterocycles. The van der Waals surface area contributed by atoms with Crippen LogP contribution in [-0.2, 0) is 105 Å². The van der Waals surface area contributed by atoms with Crippen LogP contribution in [0.2, 0.25) is 0 Å². The molecule has 1 unspecified atom stereocenters. The third-order valence-corrected chi connectivity index (χ3v) is 18.4. The first-order chi connectivity index (χ1) is 47.7. The number of aliphatic carboxylic acids is 1. The van der Waals surface area contributed by atoms with Crippen molar-refractivity contribution in [2.75, 3.05) is 33.0 Å². The second-order valence-electron chi connectivity index (χ2n) is 25.4. The van der Waals surface area contributed by atoms with E-state index < -0.39 is 306 Å². The van der Waals surface area contributed by atoms with Gasteiger partial charge in [0.2, 0.25) is 29.5 Å². The lowest BCUT2D eigenvalue weighted by Crippen LogP contribution is -2.73. The Hall–Kier alpha value is -4.47. The highest BCUT2D eigenvalue weighted by molar-refractivity contribution is 7.80. The van der Waals surface area contributed by atoms with Gasteiger partial charge in [0.05, 0.1) is 57.4 Å². The highest BCUT2D eigenvalue weighted by atomic mass is 32.3. The first-order valence-corrected chi connectivity index (χ1v) is 33.5. The Morgan fingerprint density at radius 2 is 0.873 bits per heavy atom. The van der Waals surface area contributed by atoms with Gasteiger partial charge in [0.1, 0.15) is 152 Å². The molecule has 0 bridgehead atoms. The summed E-state index contributed by atoms with van der Waals surface area (Å²) in [6.45, 7) is 1.43. The van der Waals surface area contributed by atoms with Gasteiger partial charge in [-0.25, -0.2) is 8.98 Å². The van der Waals surface area contributed by atoms with Crippen LogP contribution in [0.25, 0.3) is 0 Å². The minimum absolute atomic E-state index is 0.188. The normalized spacial score (nSPS) is 44.1. The smallest absolute Gasteiger partial charge is 0.397 e. The fourth-order valence-electron chi connectivity index (χ4n) is 12.9. The molecule has 0 saturated carbocycles. The molecule has 7 heterocycles. The lowest BCUT2D eigenvalue weighted by Gasteiger charge is -2.53. The van der Waals surface area contributed by atoms with Gasteiger partial charge >= 0.3 is 16.4 Å². The van der Waals surface area contributed by atoms with Gasteiger partial charge in [-0.3, -0.25) is 28.5 Å². The molecule has 46 heteroatoms. The fourth-order valence-corrected chi connectivity index (χ4v) is 13.3. The number of amides is 5. The summed E-state index contributed by atoms with van der Waals surface area (Å²) in [6, 6.07) is -9.24. The second-order valence-corrected chi connectivity index (χ2v) is 26.5. The van der Waals surface area contributed by atoms with Crippen molar-refractivity contribution in [2.24, 2.45) is 0 Å². The van der Waals surface area contributed by atoms with Gasteiger partial charge < -0.3 is 175 Å². The van der Waals surface area contributed by atoms with E-state index in [0.717, 1.165) is 34.6 Å². The topological polar surface area (TPSA) is 690 Å². The van der Waals surface area contributed by atoms with E-state index >= 15 is 0 Å². The second kappa shape index (κ2) is 36.0. The van der Waals surface area contributed by atoms with E-state index in [1.807, 2.05) is 0 Å². The van der Waals surface area contributed by atoms with Gasteiger partial charge in [-0.1, -0.05) is 6.92 Å². The van der Waals surface area contributed by atoms with Gasteiger partial charge in [0, 0.05) is 41.0 Å². The molecule has 102 heavy (non-hydrogen) atoms. The quantitative estimate of drug-likeness (QED) is 0.0324. The summed E-state index contributed by atoms with van der Waals surface area (Å²) in [6.07, 6.45) is -63.1. The first kappa shape index (κ1) is 84.8. The molecule has 7 rings (SSSR count). The third-order valence-electron chi connectivity index (χ3n) is 17.9. The van der Waals surface area contributed by atoms with Crippen LogP contribution in [0.4, 0.5) is 0 Å². The number of aliphatic hydroxyl groups is 16. The van der Waals surface area contributed by atoms with Crippen molar-refractivity contribution in [3.05, 3.63) is 0 Å². The Bertz CT molecular complexity index is 2920. The third kappa shape index (κ3) is 19.6. The van der Waals surface area contributed by atoms with Crippen molar-refractivity contribution in [1.82, 2.24) is 26.6 Å². The van der Waals surface area contributed by atoms with Crippen LogP contribution in [0.15, 0.2) is 0 Å². The Morgan fingerprint density at radius 1 is 0.471 bits per heavy atom. The molecular formula is C56H93N5O40S. The van der Waals surface area contributed by atoms with Crippen LogP contribution >= 0.6 is 0 Å². The summed E-state index contributed by atoms with van der Waals surface area (Å²) in [5.41, 5.74) is 0. The van der Waals surface area contributed by atoms with Crippen LogP contribution < -0.4 is 26.6 Å². The number of hydrogen-bond acceptors (Lipinski definition) is 38. The number of nitrogens with one attached hydrogen (secondary N) is 5. The molecular weight excluding hydrogens is 1410 g/mol. The predicted molar refractivity (Wildman–Crippen MR) is 319 cm³/mol. The van der Waals surface area contributed by atoms with E-state index in [9.17, 15) is 129 Å². The number of aliphatic hydroxyl groups excluding tert-OH is 16. The summed E-state index contributed by atoms with van der Waals surface area (Å²) in [4.78, 5) is 77.1. The van der Waals surface area contributed by atoms with Gasteiger partial charge in [0.15, 0.2) is 37.7 Å². The van der Waals surface area contributed by atoms with Gasteiger partial charge in [0.25, 0.3) is 5.79 Å². The number of carbonyl (C=O) groups is 6. The zero-order chi connectivity index (χ0) is 76.1. The van der Waals surface area contributed by atoms with Gasteiger partial charge in [-0.05, 0) is 13.3 Å². The molecule has 36 atom stereocenters. The molecule has 5 amide bonds. The molecule has 588 valence electrons. The Labute approximate surface area is 579 Å². The van der Waals surface area contributed by atoms with Crippen LogP contribution in [0.3, 0.4) is 0 Å². The van der Waals surface area contributed by atoms with Crippen LogP contribution in [0.5, 0.6) is 0 Å². The summed E-state index contributed by atoms with van der Waals surface area (Å²) < 4.78 is 115. The number of rotatable bonds is 28. The van der Waals surface area contributed by atoms with E-state index in [-0.39, 0.29) is 6.42 Å². The molecule has 0 aliphatic carbocycles. The summed E-state index contributed by atoms with van der Waals surface area (Å²) in [5.74, 6) is -9.84. The minimum Gasteiger partial charge on any atom is -0.477 e. The maximum Gasteiger partial charge on any atom is 0.397 e. The zero-order valence-electron chi connectivity index (χ0n) is 55.6. The van der Waals surface area contributed by atoms with Crippen molar-refractivity contribution in [2.45, 2.75) is 282 Å². The molecule has 0 spiro atoms. The Balaban J connectivity index is 1.22. The lowest BCUT2D eigenvalue weighted by atomic mass is 9.87. The first-order valence-electron chi connectivity index (χ1n) is 32.1. The van der Waals surface area contributed by atoms with Crippen LogP contribution in [0, 0.1) is 0 Å². The van der Waals surface area contributed by atoms with Crippen molar-refractivity contribution in [3.63, 3.8) is 0 Å². The van der Waals surface area contributed by atoms with E-state index in [1.54, 1.807) is 0 Å². The molecule has 23 N–H and O–H groups in total. The van der Waals surface area contributed by atoms with Crippen molar-refractivity contribution in [1.29, 1.82) is 0 Å². The Morgan fingerprint density at radius 3 is 1.33 bits per heavy atom. The van der Waals surface area contributed by atoms with Crippen LogP contribution in [-0.4, -0.2) is 389 Å². The summed E-state index contributed by atoms with van der Waals surface area (Å²) >= 11 is 0. The molecule has 7 fully saturated rings. The van der Waals surface area contributed by atoms with Crippen molar-refractivity contribution < 1.29 is 194 Å². The number of hydrogen-bond donors (Lipinski definition) is 23. The summed E-state index contributed by atoms with van der Waals surface area (Å²) in [5, 5.41) is 203. The maximum atomic E-state index is 13.5. The average molecular weight is 1510 g/mol. The molecule has 45 nitrogen and oxygen atoms in total. The van der Waals surface area contributed by atoms with Gasteiger partial charge in [-0.2, -0.15) is 8.42 Å². The highest BCUT2D eigenvalue weighted by Gasteiger charge is 2.63. The van der Waals surface area contributed by atoms with E-state index in [4.69, 9.17) is 61.6 Å². The Kier molecular flexibility index (Phi) is 29.9. The monoisotopic (exact) mass is 1510 g/mol. The number of ether oxygens (including phenoxy) is 13. The molecule has 0 aromatic carbocycles. The average Bonchev–Trinajstić information content (AvgIpc) is 0.758. The molecule has 7 aliphatic rings. The predicted octanol–water partition coefficient (Wildman–Crippen LogP) is -14.1. The summed E-state index contributed by atoms with van der Waals surface area (Å²) in [7, 11) is -5.25. The van der Waals surface area contributed by atoms with E-state index in [0.29, 0.717) is 0 Å². The standard InChI is InChI=1S/C56H93N5O40S/c1-8-21(71)34(74)46-28(57-16(3)66)22(72)9-56(100-46,55(83)84)101-48-35(75)23(10-62)91-54(41(48)81)98-45-26(13-65)94-52(32(61-20(7)70)47(45)99-53-40(80)39(79)33(73)15(2)89-53)96-43-25(12-64)92-50(30(38(43)78)59-18(5)68)95-42-24(11-63)93-51(31(37(42)77)60-19(6)69)97-44-27(14-88-102(85,86)87)90-49(82)29(36(44)76)58-17(4)67/h15,21-54,62-65,71-82H,8-14H2,1-7H3,(H,57,66)(H,58,67)(H,59,68)(H,60,69)(H,61,70)(H,83,84)(H,85,86,87)/t15-,21+,22-,23+,24+,25+,26+,27+,28+,29+,30+,31+,32+,33+,34+,35-,36+,37+,38+,39+,40-,41+,42+,43+,44+,45+,46+,47+,48-,49?,50-,51-,52-,53-,54-,56-/m0/s1. The molecule has 0 radical (unpaired) electrons. The van der Waals surface area contributed by atoms with E-state index in [1.165, 1.54) is 13.8 Å². The zero-order valence-corrected chi connectivity index (χ0v) is 56.4. The molecule has 7 aliphatic heterocycles. The number of carbonyl (C=O) groups excluding carboxylic acids is 5. The largest absolute Gasteiger partial charge is 0.477 e. The number of carboxylic acids is 1. The minimum atomic E-state index is -5.25. The van der Waals surface area contributed by atoms with Crippen LogP contribution in [0.1, 0.15) is 61.3 Å². The highest BCUT2D eigenvalue weighted by Crippen LogP contribution is 2.41. The van der Waals surface area contributed by atoms with Crippen molar-refractivity contribution in [3.8, 4) is 0 Å². The fraction of sp³-hybridized carbons (Fsp3) is 0.893. The van der Waals surface area contributed by atoms with E-state index in [2.05, 4.69) is 30.8 Å². The molecule has 0 aromatic rings. The SMILES string of the molecule is CC[C@@H](O)[C@@H](O)[C@@H]1O[C@@](O[C@H]2[C@@H](O)[C@@H](CO)O[C@@H](O[C@H]3[C@H](O[C@@H]4O[C@@H](C)[C@@H](O)[C@@H](O)[C@@H]4O)[C@@H](NC(C)=O)[C@H](O[C@H]4[C@H](O)[C@@H](NC(C)=O)[C@H](O[C@H]5[C@H](O)[C@@H](NC(C)=O)[C@H](O[C@H]6[C@H](O)[C@@H](NC(C)=O)C(O)O[C@@H]6COS(=O)(=O)O)O[C@@H]5CO)O[C@@H]4CO)O[C@@H]3CO)[C@@H]2O)(C(=O)O)C[C@H](O)[C@H]1NC(C)=O. The maximum absolute atomic E-state index is 13.5. The molecule has 7 saturated heterocycles. The van der Waals surface area contributed by atoms with Crippen molar-refractivity contribution >= 4 is 45.9 Å². The number of carboxylic acid groups (broad SMARTS) is 1. The van der Waals surface area contributed by atoms with Gasteiger partial charge in [-0.15, -0.1) is 0 Å².